The van der Waals surface area contributed by atoms with Crippen LogP contribution in [-0.2, 0) is 11.2 Å². The van der Waals surface area contributed by atoms with Gasteiger partial charge in [-0.1, -0.05) is 30.3 Å². The van der Waals surface area contributed by atoms with Gasteiger partial charge in [0.2, 0.25) is 17.0 Å². The largest absolute Gasteiger partial charge is 0.346 e. The van der Waals surface area contributed by atoms with Gasteiger partial charge in [-0.2, -0.15) is 9.36 Å². The van der Waals surface area contributed by atoms with E-state index in [0.717, 1.165) is 43.4 Å². The predicted octanol–water partition coefficient (Wildman–Crippen LogP) is 3.05. The summed E-state index contributed by atoms with van der Waals surface area (Å²) in [6, 6.07) is 11.3. The summed E-state index contributed by atoms with van der Waals surface area (Å²) in [6.45, 7) is 1.96. The second-order valence-electron chi connectivity index (χ2n) is 8.95. The van der Waals surface area contributed by atoms with Crippen LogP contribution in [-0.4, -0.2) is 59.4 Å². The van der Waals surface area contributed by atoms with Crippen molar-refractivity contribution in [2.24, 2.45) is 11.8 Å². The van der Waals surface area contributed by atoms with Crippen LogP contribution in [0.1, 0.15) is 31.2 Å². The predicted molar refractivity (Wildman–Crippen MR) is 116 cm³/mol. The molecule has 1 aromatic carbocycles. The number of hydrogen-bond acceptors (Lipinski definition) is 6. The standard InChI is InChI=1S/C22H29N5OS/c1-25(2)21-23-22(29-24-21)26-13-16-12-17(14-26)19(11-15-7-4-3-5-8-15)27-18(16)9-6-10-20(27)28/h3-5,7-8,16-19H,6,9-14H2,1-2H3/t16-,17+,18+,19+/m1/s1. The van der Waals surface area contributed by atoms with Gasteiger partial charge in [-0.05, 0) is 43.1 Å². The molecule has 5 rings (SSSR count). The summed E-state index contributed by atoms with van der Waals surface area (Å²) in [7, 11) is 3.97. The number of amides is 1. The lowest BCUT2D eigenvalue weighted by atomic mass is 9.71. The molecule has 2 bridgehead atoms. The monoisotopic (exact) mass is 411 g/mol. The zero-order valence-corrected chi connectivity index (χ0v) is 18.0. The highest BCUT2D eigenvalue weighted by Gasteiger charge is 2.49. The number of anilines is 2. The molecule has 154 valence electrons. The van der Waals surface area contributed by atoms with Crippen LogP contribution in [0.3, 0.4) is 0 Å². The molecule has 7 heteroatoms. The van der Waals surface area contributed by atoms with E-state index >= 15 is 0 Å². The summed E-state index contributed by atoms with van der Waals surface area (Å²) in [5.41, 5.74) is 1.33. The third-order valence-corrected chi connectivity index (χ3v) is 7.63. The van der Waals surface area contributed by atoms with E-state index in [0.29, 0.717) is 30.2 Å². The van der Waals surface area contributed by atoms with Crippen LogP contribution in [0.4, 0.5) is 11.1 Å². The van der Waals surface area contributed by atoms with Gasteiger partial charge in [0.05, 0.1) is 0 Å². The van der Waals surface area contributed by atoms with E-state index in [1.54, 1.807) is 0 Å². The molecule has 3 aliphatic heterocycles. The zero-order valence-electron chi connectivity index (χ0n) is 17.2. The fourth-order valence-electron chi connectivity index (χ4n) is 5.57. The minimum atomic E-state index is 0.287. The van der Waals surface area contributed by atoms with Crippen molar-refractivity contribution >= 4 is 28.5 Å². The minimum Gasteiger partial charge on any atom is -0.346 e. The van der Waals surface area contributed by atoms with Gasteiger partial charge in [0.1, 0.15) is 0 Å². The third kappa shape index (κ3) is 3.50. The molecule has 3 aliphatic rings. The van der Waals surface area contributed by atoms with Crippen molar-refractivity contribution in [3.8, 4) is 0 Å². The van der Waals surface area contributed by atoms with Crippen molar-refractivity contribution in [1.82, 2.24) is 14.3 Å². The Morgan fingerprint density at radius 2 is 1.97 bits per heavy atom. The summed E-state index contributed by atoms with van der Waals surface area (Å²) < 4.78 is 4.52. The normalized spacial score (nSPS) is 29.0. The first-order valence-electron chi connectivity index (χ1n) is 10.7. The molecule has 1 aromatic heterocycles. The molecule has 0 unspecified atom stereocenters. The van der Waals surface area contributed by atoms with Crippen molar-refractivity contribution in [3.05, 3.63) is 35.9 Å². The Morgan fingerprint density at radius 3 is 2.72 bits per heavy atom. The SMILES string of the molecule is CN(C)c1nsc(N2C[C@H]3C[C@@H](C2)[C@H](Cc2ccccc2)N2C(=O)CCC[C@@H]32)n1. The van der Waals surface area contributed by atoms with E-state index in [1.165, 1.54) is 23.5 Å². The number of rotatable bonds is 4. The van der Waals surface area contributed by atoms with Crippen molar-refractivity contribution in [1.29, 1.82) is 0 Å². The molecule has 4 heterocycles. The Balaban J connectivity index is 1.44. The number of nitrogens with zero attached hydrogens (tertiary/aromatic N) is 5. The summed E-state index contributed by atoms with van der Waals surface area (Å²) in [6.07, 6.45) is 5.06. The second-order valence-corrected chi connectivity index (χ2v) is 9.68. The fraction of sp³-hybridized carbons (Fsp3) is 0.591. The van der Waals surface area contributed by atoms with E-state index < -0.39 is 0 Å². The molecule has 0 radical (unpaired) electrons. The van der Waals surface area contributed by atoms with E-state index in [2.05, 4.69) is 44.5 Å². The molecular formula is C22H29N5OS. The number of fused-ring (bicyclic) bond motifs is 4. The van der Waals surface area contributed by atoms with Gasteiger partial charge in [0.15, 0.2) is 0 Å². The van der Waals surface area contributed by atoms with Crippen LogP contribution in [0.15, 0.2) is 30.3 Å². The quantitative estimate of drug-likeness (QED) is 0.774. The number of carbonyl (C=O) groups excluding carboxylic acids is 1. The van der Waals surface area contributed by atoms with Crippen molar-refractivity contribution in [2.75, 3.05) is 37.0 Å². The number of carbonyl (C=O) groups is 1. The molecule has 6 nitrogen and oxygen atoms in total. The number of benzene rings is 1. The topological polar surface area (TPSA) is 52.6 Å². The maximum Gasteiger partial charge on any atom is 0.238 e. The lowest BCUT2D eigenvalue weighted by Gasteiger charge is -2.56. The lowest BCUT2D eigenvalue weighted by Crippen LogP contribution is -2.65. The first kappa shape index (κ1) is 18.9. The summed E-state index contributed by atoms with van der Waals surface area (Å²) >= 11 is 1.50. The number of hydrogen-bond donors (Lipinski definition) is 0. The van der Waals surface area contributed by atoms with Gasteiger partial charge in [-0.15, -0.1) is 0 Å². The van der Waals surface area contributed by atoms with Crippen LogP contribution >= 0.6 is 11.5 Å². The Labute approximate surface area is 176 Å². The summed E-state index contributed by atoms with van der Waals surface area (Å²) in [5.74, 6) is 2.18. The van der Waals surface area contributed by atoms with Gasteiger partial charge in [-0.25, -0.2) is 0 Å². The van der Waals surface area contributed by atoms with E-state index in [9.17, 15) is 4.79 Å². The molecule has 4 atom stereocenters. The molecule has 0 saturated carbocycles. The maximum atomic E-state index is 13.0. The Bertz CT molecular complexity index is 869. The number of aromatic nitrogens is 2. The smallest absolute Gasteiger partial charge is 0.238 e. The summed E-state index contributed by atoms with van der Waals surface area (Å²) in [4.78, 5) is 24.5. The Kier molecular flexibility index (Phi) is 4.94. The maximum absolute atomic E-state index is 13.0. The fourth-order valence-corrected chi connectivity index (χ4v) is 6.32. The number of piperidine rings is 3. The van der Waals surface area contributed by atoms with Crippen molar-refractivity contribution in [3.63, 3.8) is 0 Å². The van der Waals surface area contributed by atoms with Gasteiger partial charge in [0, 0.05) is 57.2 Å². The molecule has 3 saturated heterocycles. The van der Waals surface area contributed by atoms with Gasteiger partial charge in [0.25, 0.3) is 0 Å². The van der Waals surface area contributed by atoms with Crippen molar-refractivity contribution < 1.29 is 4.79 Å². The minimum absolute atomic E-state index is 0.287. The first-order valence-corrected chi connectivity index (χ1v) is 11.5. The van der Waals surface area contributed by atoms with Crippen LogP contribution in [0, 0.1) is 11.8 Å². The highest BCUT2D eigenvalue weighted by atomic mass is 32.1. The molecule has 2 aromatic rings. The summed E-state index contributed by atoms with van der Waals surface area (Å²) in [5, 5.41) is 1.03. The van der Waals surface area contributed by atoms with Gasteiger partial charge in [-0.3, -0.25) is 4.79 Å². The third-order valence-electron chi connectivity index (χ3n) is 6.86. The average molecular weight is 412 g/mol. The second kappa shape index (κ2) is 7.59. The van der Waals surface area contributed by atoms with Crippen LogP contribution in [0.5, 0.6) is 0 Å². The first-order chi connectivity index (χ1) is 14.1. The molecule has 1 amide bonds. The molecular weight excluding hydrogens is 382 g/mol. The van der Waals surface area contributed by atoms with Crippen molar-refractivity contribution in [2.45, 2.75) is 44.2 Å². The van der Waals surface area contributed by atoms with E-state index in [-0.39, 0.29) is 6.04 Å². The molecule has 0 N–H and O–H groups in total. The highest BCUT2D eigenvalue weighted by molar-refractivity contribution is 7.09. The van der Waals surface area contributed by atoms with Gasteiger partial charge < -0.3 is 14.7 Å². The van der Waals surface area contributed by atoms with Gasteiger partial charge >= 0.3 is 0 Å². The van der Waals surface area contributed by atoms with Crippen LogP contribution in [0.25, 0.3) is 0 Å². The average Bonchev–Trinajstić information content (AvgIpc) is 3.23. The molecule has 3 fully saturated rings. The van der Waals surface area contributed by atoms with Crippen LogP contribution in [0.2, 0.25) is 0 Å². The van der Waals surface area contributed by atoms with E-state index in [1.807, 2.05) is 19.0 Å². The molecule has 0 spiro atoms. The molecule has 0 aliphatic carbocycles. The Hall–Kier alpha value is -2.15. The lowest BCUT2D eigenvalue weighted by molar-refractivity contribution is -0.148. The van der Waals surface area contributed by atoms with E-state index in [4.69, 9.17) is 4.98 Å². The Morgan fingerprint density at radius 1 is 1.17 bits per heavy atom. The zero-order chi connectivity index (χ0) is 20.0. The molecule has 29 heavy (non-hydrogen) atoms. The van der Waals surface area contributed by atoms with Crippen LogP contribution < -0.4 is 9.80 Å². The highest BCUT2D eigenvalue weighted by Crippen LogP contribution is 2.43.